The first-order chi connectivity index (χ1) is 16.8. The summed E-state index contributed by atoms with van der Waals surface area (Å²) in [5.41, 5.74) is 1.13. The van der Waals surface area contributed by atoms with Crippen LogP contribution in [0.3, 0.4) is 0 Å². The third-order valence-corrected chi connectivity index (χ3v) is 6.85. The van der Waals surface area contributed by atoms with Crippen molar-refractivity contribution in [2.24, 2.45) is 0 Å². The van der Waals surface area contributed by atoms with Crippen LogP contribution in [0.4, 0.5) is 24.5 Å². The van der Waals surface area contributed by atoms with Crippen LogP contribution in [0.15, 0.2) is 78.9 Å². The van der Waals surface area contributed by atoms with E-state index in [9.17, 15) is 23.1 Å². The van der Waals surface area contributed by atoms with Gasteiger partial charge in [0, 0.05) is 36.6 Å². The fourth-order valence-corrected chi connectivity index (χ4v) is 4.95. The van der Waals surface area contributed by atoms with Crippen LogP contribution in [0.1, 0.15) is 39.9 Å². The summed E-state index contributed by atoms with van der Waals surface area (Å²) in [7, 11) is 0. The number of piperidine rings is 1. The second kappa shape index (κ2) is 8.89. The molecule has 0 aromatic heterocycles. The number of anilines is 2. The van der Waals surface area contributed by atoms with Crippen molar-refractivity contribution in [2.75, 3.05) is 24.5 Å². The summed E-state index contributed by atoms with van der Waals surface area (Å²) in [4.78, 5) is 16.9. The first-order valence-electron chi connectivity index (χ1n) is 11.6. The molecule has 0 unspecified atom stereocenters. The molecule has 2 aliphatic rings. The molecule has 1 fully saturated rings. The first kappa shape index (κ1) is 23.2. The summed E-state index contributed by atoms with van der Waals surface area (Å²) in [6.45, 7) is 1.08. The number of halogens is 3. The molecule has 0 radical (unpaired) electrons. The lowest BCUT2D eigenvalue weighted by Crippen LogP contribution is -2.45. The highest BCUT2D eigenvalue weighted by atomic mass is 19.4. The lowest BCUT2D eigenvalue weighted by Gasteiger charge is -2.39. The summed E-state index contributed by atoms with van der Waals surface area (Å²) < 4.78 is 40.4. The van der Waals surface area contributed by atoms with Gasteiger partial charge >= 0.3 is 6.18 Å². The molecule has 0 bridgehead atoms. The number of aliphatic hydroxyl groups is 1. The quantitative estimate of drug-likeness (QED) is 0.503. The van der Waals surface area contributed by atoms with E-state index in [1.54, 1.807) is 17.0 Å². The predicted molar refractivity (Wildman–Crippen MR) is 129 cm³/mol. The van der Waals surface area contributed by atoms with Crippen molar-refractivity contribution in [3.63, 3.8) is 0 Å². The number of amides is 1. The maximum Gasteiger partial charge on any atom is 0.416 e. The van der Waals surface area contributed by atoms with Gasteiger partial charge in [-0.15, -0.1) is 0 Å². The molecule has 180 valence electrons. The average Bonchev–Trinajstić information content (AvgIpc) is 2.88. The topological polar surface area (TPSA) is 43.8 Å². The Bertz CT molecular complexity index is 1260. The molecule has 0 spiro atoms. The number of benzene rings is 3. The van der Waals surface area contributed by atoms with Crippen LogP contribution in [0.5, 0.6) is 0 Å². The van der Waals surface area contributed by atoms with E-state index in [1.165, 1.54) is 18.2 Å². The van der Waals surface area contributed by atoms with Crippen LogP contribution in [0, 0.1) is 0 Å². The Labute approximate surface area is 201 Å². The highest BCUT2D eigenvalue weighted by Gasteiger charge is 2.42. The molecule has 2 aliphatic heterocycles. The zero-order valence-electron chi connectivity index (χ0n) is 19.0. The number of rotatable bonds is 3. The molecule has 5 rings (SSSR count). The van der Waals surface area contributed by atoms with Gasteiger partial charge in [0.2, 0.25) is 0 Å². The monoisotopic (exact) mass is 478 g/mol. The second-order valence-electron chi connectivity index (χ2n) is 8.99. The van der Waals surface area contributed by atoms with Crippen LogP contribution in [-0.4, -0.2) is 35.5 Å². The second-order valence-corrected chi connectivity index (χ2v) is 8.99. The maximum atomic E-state index is 13.5. The summed E-state index contributed by atoms with van der Waals surface area (Å²) in [6, 6.07) is 20.6. The molecule has 1 amide bonds. The fraction of sp³-hybridized carbons (Fsp3) is 0.250. The third kappa shape index (κ3) is 4.44. The van der Waals surface area contributed by atoms with Gasteiger partial charge in [-0.1, -0.05) is 48.6 Å². The van der Waals surface area contributed by atoms with Gasteiger partial charge in [-0.05, 0) is 60.4 Å². The normalized spacial score (nSPS) is 17.3. The number of carbonyl (C=O) groups is 1. The van der Waals surface area contributed by atoms with Crippen LogP contribution >= 0.6 is 0 Å². The van der Waals surface area contributed by atoms with Crippen molar-refractivity contribution in [1.29, 1.82) is 0 Å². The molecule has 3 aromatic rings. The van der Waals surface area contributed by atoms with E-state index in [0.29, 0.717) is 5.56 Å². The van der Waals surface area contributed by atoms with E-state index in [0.717, 1.165) is 29.5 Å². The van der Waals surface area contributed by atoms with Crippen LogP contribution in [0.2, 0.25) is 0 Å². The van der Waals surface area contributed by atoms with E-state index in [2.05, 4.69) is 29.2 Å². The highest BCUT2D eigenvalue weighted by molar-refractivity contribution is 5.95. The average molecular weight is 479 g/mol. The minimum Gasteiger partial charge on any atom is -0.385 e. The van der Waals surface area contributed by atoms with Crippen LogP contribution in [-0.2, 0) is 11.8 Å². The van der Waals surface area contributed by atoms with Gasteiger partial charge in [0.25, 0.3) is 5.91 Å². The zero-order valence-corrected chi connectivity index (χ0v) is 19.0. The lowest BCUT2D eigenvalue weighted by atomic mass is 9.81. The molecule has 1 N–H and O–H groups in total. The van der Waals surface area contributed by atoms with Crippen molar-refractivity contribution in [2.45, 2.75) is 24.6 Å². The molecule has 3 aromatic carbocycles. The molecular formula is C28H25F3N2O2. The van der Waals surface area contributed by atoms with Crippen molar-refractivity contribution >= 4 is 23.4 Å². The van der Waals surface area contributed by atoms with Crippen LogP contribution < -0.4 is 4.90 Å². The Morgan fingerprint density at radius 2 is 1.54 bits per heavy atom. The van der Waals surface area contributed by atoms with Crippen molar-refractivity contribution in [1.82, 2.24) is 4.90 Å². The summed E-state index contributed by atoms with van der Waals surface area (Å²) in [5.74, 6) is -0.193. The van der Waals surface area contributed by atoms with Crippen molar-refractivity contribution < 1.29 is 23.1 Å². The molecule has 1 saturated heterocycles. The van der Waals surface area contributed by atoms with Gasteiger partial charge in [-0.25, -0.2) is 0 Å². The Hall–Kier alpha value is -3.58. The Balaban J connectivity index is 1.29. The summed E-state index contributed by atoms with van der Waals surface area (Å²) >= 11 is 0. The SMILES string of the molecule is O=C(c1ccc(N2CC=Cc3ccccc32)cc1)N1CCC(O)(c2ccccc2C(F)(F)F)CC1. The first-order valence-corrected chi connectivity index (χ1v) is 11.6. The standard InChI is InChI=1S/C28H25F3N2O2/c29-28(30,31)24-9-3-2-8-23(24)27(35)15-18-32(19-16-27)26(34)21-11-13-22(14-12-21)33-17-5-7-20-6-1-4-10-25(20)33/h1-14,35H,15-19H2. The minimum absolute atomic E-state index is 0.0425. The number of fused-ring (bicyclic) bond motifs is 1. The largest absolute Gasteiger partial charge is 0.416 e. The van der Waals surface area contributed by atoms with Gasteiger partial charge < -0.3 is 14.9 Å². The number of likely N-dealkylation sites (tertiary alicyclic amines) is 1. The number of carbonyl (C=O) groups excluding carboxylic acids is 1. The number of para-hydroxylation sites is 1. The van der Waals surface area contributed by atoms with Gasteiger partial charge in [0.05, 0.1) is 11.2 Å². The van der Waals surface area contributed by atoms with Gasteiger partial charge in [-0.2, -0.15) is 13.2 Å². The molecule has 35 heavy (non-hydrogen) atoms. The number of nitrogens with zero attached hydrogens (tertiary/aromatic N) is 2. The van der Waals surface area contributed by atoms with E-state index in [-0.39, 0.29) is 37.4 Å². The number of hydrogen-bond donors (Lipinski definition) is 1. The van der Waals surface area contributed by atoms with E-state index in [1.807, 2.05) is 24.3 Å². The maximum absolute atomic E-state index is 13.5. The summed E-state index contributed by atoms with van der Waals surface area (Å²) in [5, 5.41) is 11.1. The molecule has 0 aliphatic carbocycles. The Morgan fingerprint density at radius 3 is 2.26 bits per heavy atom. The fourth-order valence-electron chi connectivity index (χ4n) is 4.95. The molecule has 0 saturated carbocycles. The molecule has 7 heteroatoms. The third-order valence-electron chi connectivity index (χ3n) is 6.85. The lowest BCUT2D eigenvalue weighted by molar-refractivity contribution is -0.141. The molecule has 2 heterocycles. The minimum atomic E-state index is -4.55. The van der Waals surface area contributed by atoms with Gasteiger partial charge in [0.1, 0.15) is 0 Å². The zero-order chi connectivity index (χ0) is 24.6. The smallest absolute Gasteiger partial charge is 0.385 e. The molecular weight excluding hydrogens is 453 g/mol. The van der Waals surface area contributed by atoms with E-state index >= 15 is 0 Å². The Morgan fingerprint density at radius 1 is 0.886 bits per heavy atom. The molecule has 0 atom stereocenters. The van der Waals surface area contributed by atoms with Crippen molar-refractivity contribution in [3.8, 4) is 0 Å². The highest BCUT2D eigenvalue weighted by Crippen LogP contribution is 2.41. The number of alkyl halides is 3. The van der Waals surface area contributed by atoms with Crippen LogP contribution in [0.25, 0.3) is 6.08 Å². The van der Waals surface area contributed by atoms with Gasteiger partial charge in [0.15, 0.2) is 0 Å². The van der Waals surface area contributed by atoms with E-state index < -0.39 is 17.3 Å². The predicted octanol–water partition coefficient (Wildman–Crippen LogP) is 5.99. The van der Waals surface area contributed by atoms with Crippen molar-refractivity contribution in [3.05, 3.63) is 101 Å². The summed E-state index contributed by atoms with van der Waals surface area (Å²) in [6.07, 6.45) is -0.283. The molecule has 4 nitrogen and oxygen atoms in total. The Kier molecular flexibility index (Phi) is 5.89. The van der Waals surface area contributed by atoms with Gasteiger partial charge in [-0.3, -0.25) is 4.79 Å². The van der Waals surface area contributed by atoms with E-state index in [4.69, 9.17) is 0 Å². The number of hydrogen-bond acceptors (Lipinski definition) is 3.